The summed E-state index contributed by atoms with van der Waals surface area (Å²) in [5.74, 6) is 0.940. The number of fused-ring (bicyclic) bond motifs is 1. The van der Waals surface area contributed by atoms with Gasteiger partial charge in [0.25, 0.3) is 5.69 Å². The molecule has 0 unspecified atom stereocenters. The first-order valence-electron chi connectivity index (χ1n) is 10.0. The summed E-state index contributed by atoms with van der Waals surface area (Å²) in [5.41, 5.74) is 2.96. The smallest absolute Gasteiger partial charge is 0.294 e. The number of nitro groups is 1. The van der Waals surface area contributed by atoms with Crippen LogP contribution in [-0.2, 0) is 12.8 Å². The molecule has 4 rings (SSSR count). The van der Waals surface area contributed by atoms with Crippen molar-refractivity contribution in [1.82, 2.24) is 14.7 Å². The van der Waals surface area contributed by atoms with Crippen molar-refractivity contribution in [1.29, 1.82) is 0 Å². The second kappa shape index (κ2) is 8.08. The summed E-state index contributed by atoms with van der Waals surface area (Å²) in [6, 6.07) is 6.87. The standard InChI is InChI=1S/C20H27N5O2/c26-25(27)19-10-3-2-9-18(19)24-20-16(8-4-5-12-21-20)17(22-24)11-15-23-13-6-1-7-14-23/h2-3,9-10,21H,1,4-8,11-15H2. The van der Waals surface area contributed by atoms with Gasteiger partial charge in [-0.05, 0) is 51.3 Å². The van der Waals surface area contributed by atoms with Gasteiger partial charge in [-0.1, -0.05) is 18.6 Å². The minimum Gasteiger partial charge on any atom is -0.370 e. The van der Waals surface area contributed by atoms with Crippen molar-refractivity contribution in [2.24, 2.45) is 0 Å². The van der Waals surface area contributed by atoms with E-state index in [9.17, 15) is 10.1 Å². The Bertz CT molecular complexity index is 811. The Morgan fingerprint density at radius 1 is 1.11 bits per heavy atom. The van der Waals surface area contributed by atoms with Gasteiger partial charge >= 0.3 is 0 Å². The number of nitrogens with one attached hydrogen (secondary N) is 1. The van der Waals surface area contributed by atoms with Crippen molar-refractivity contribution in [3.63, 3.8) is 0 Å². The van der Waals surface area contributed by atoms with E-state index in [2.05, 4.69) is 10.2 Å². The average molecular weight is 369 g/mol. The van der Waals surface area contributed by atoms with Crippen LogP contribution in [0.15, 0.2) is 24.3 Å². The average Bonchev–Trinajstić information content (AvgIpc) is 2.87. The Morgan fingerprint density at radius 2 is 1.93 bits per heavy atom. The molecule has 3 heterocycles. The van der Waals surface area contributed by atoms with Crippen molar-refractivity contribution in [2.45, 2.75) is 44.9 Å². The first-order valence-corrected chi connectivity index (χ1v) is 10.0. The first-order chi connectivity index (χ1) is 13.2. The summed E-state index contributed by atoms with van der Waals surface area (Å²) in [7, 11) is 0. The molecule has 2 aliphatic rings. The number of nitro benzene ring substituents is 1. The van der Waals surface area contributed by atoms with Gasteiger partial charge in [0.15, 0.2) is 0 Å². The molecule has 7 nitrogen and oxygen atoms in total. The predicted molar refractivity (Wildman–Crippen MR) is 106 cm³/mol. The van der Waals surface area contributed by atoms with Crippen LogP contribution in [0.3, 0.4) is 0 Å². The van der Waals surface area contributed by atoms with Gasteiger partial charge in [0.05, 0.1) is 10.6 Å². The Labute approximate surface area is 159 Å². The van der Waals surface area contributed by atoms with E-state index in [1.165, 1.54) is 37.9 Å². The maximum Gasteiger partial charge on any atom is 0.294 e. The topological polar surface area (TPSA) is 76.2 Å². The highest BCUT2D eigenvalue weighted by Gasteiger charge is 2.25. The van der Waals surface area contributed by atoms with Crippen LogP contribution in [0, 0.1) is 10.1 Å². The zero-order valence-electron chi connectivity index (χ0n) is 15.7. The molecule has 0 atom stereocenters. The maximum atomic E-state index is 11.5. The molecule has 0 spiro atoms. The number of rotatable bonds is 5. The van der Waals surface area contributed by atoms with Crippen LogP contribution in [-0.4, -0.2) is 45.8 Å². The molecule has 2 aromatic rings. The van der Waals surface area contributed by atoms with E-state index in [-0.39, 0.29) is 10.6 Å². The van der Waals surface area contributed by atoms with Crippen LogP contribution >= 0.6 is 0 Å². The van der Waals surface area contributed by atoms with E-state index in [0.29, 0.717) is 5.69 Å². The van der Waals surface area contributed by atoms with Gasteiger partial charge in [0.1, 0.15) is 11.5 Å². The van der Waals surface area contributed by atoms with Gasteiger partial charge in [-0.2, -0.15) is 5.10 Å². The second-order valence-electron chi connectivity index (χ2n) is 7.47. The number of piperidine rings is 1. The summed E-state index contributed by atoms with van der Waals surface area (Å²) in [6.45, 7) is 4.24. The number of para-hydroxylation sites is 2. The lowest BCUT2D eigenvalue weighted by Crippen LogP contribution is -2.31. The first kappa shape index (κ1) is 18.0. The van der Waals surface area contributed by atoms with Crippen molar-refractivity contribution >= 4 is 11.5 Å². The fourth-order valence-electron chi connectivity index (χ4n) is 4.19. The molecule has 1 aromatic heterocycles. The lowest BCUT2D eigenvalue weighted by molar-refractivity contribution is -0.384. The molecule has 2 aliphatic heterocycles. The number of hydrogen-bond donors (Lipinski definition) is 1. The predicted octanol–water partition coefficient (Wildman–Crippen LogP) is 3.56. The van der Waals surface area contributed by atoms with E-state index < -0.39 is 0 Å². The lowest BCUT2D eigenvalue weighted by atomic mass is 10.1. The summed E-state index contributed by atoms with van der Waals surface area (Å²) >= 11 is 0. The fourth-order valence-corrected chi connectivity index (χ4v) is 4.19. The molecule has 27 heavy (non-hydrogen) atoms. The Hall–Kier alpha value is -2.41. The number of aromatic nitrogens is 2. The Morgan fingerprint density at radius 3 is 2.74 bits per heavy atom. The molecule has 0 radical (unpaired) electrons. The Kier molecular flexibility index (Phi) is 5.38. The molecule has 0 saturated carbocycles. The van der Waals surface area contributed by atoms with E-state index in [4.69, 9.17) is 5.10 Å². The SMILES string of the molecule is O=[N+]([O-])c1ccccc1-n1nc(CCN2CCCCC2)c2c1NCCCC2. The quantitative estimate of drug-likeness (QED) is 0.644. The number of nitrogens with zero attached hydrogens (tertiary/aromatic N) is 4. The van der Waals surface area contributed by atoms with Crippen LogP contribution in [0.1, 0.15) is 43.4 Å². The molecule has 0 amide bonds. The van der Waals surface area contributed by atoms with Gasteiger partial charge in [-0.3, -0.25) is 10.1 Å². The molecule has 1 aromatic carbocycles. The largest absolute Gasteiger partial charge is 0.370 e. The van der Waals surface area contributed by atoms with Gasteiger partial charge in [-0.15, -0.1) is 0 Å². The molecule has 1 fully saturated rings. The summed E-state index contributed by atoms with van der Waals surface area (Å²) < 4.78 is 1.77. The summed E-state index contributed by atoms with van der Waals surface area (Å²) in [5, 5.41) is 19.8. The maximum absolute atomic E-state index is 11.5. The highest BCUT2D eigenvalue weighted by Crippen LogP contribution is 2.32. The zero-order valence-corrected chi connectivity index (χ0v) is 15.7. The van der Waals surface area contributed by atoms with Crippen molar-refractivity contribution in [3.05, 3.63) is 45.6 Å². The van der Waals surface area contributed by atoms with E-state index in [1.807, 2.05) is 6.07 Å². The lowest BCUT2D eigenvalue weighted by Gasteiger charge is -2.26. The minimum atomic E-state index is -0.326. The van der Waals surface area contributed by atoms with E-state index in [1.54, 1.807) is 22.9 Å². The summed E-state index contributed by atoms with van der Waals surface area (Å²) in [6.07, 6.45) is 8.02. The van der Waals surface area contributed by atoms with Gasteiger partial charge in [0.2, 0.25) is 0 Å². The highest BCUT2D eigenvalue weighted by molar-refractivity contribution is 5.60. The molecule has 0 aliphatic carbocycles. The highest BCUT2D eigenvalue weighted by atomic mass is 16.6. The number of hydrogen-bond acceptors (Lipinski definition) is 5. The van der Waals surface area contributed by atoms with E-state index in [0.717, 1.165) is 50.3 Å². The molecule has 1 N–H and O–H groups in total. The monoisotopic (exact) mass is 369 g/mol. The van der Waals surface area contributed by atoms with Crippen molar-refractivity contribution in [2.75, 3.05) is 31.5 Å². The van der Waals surface area contributed by atoms with Crippen LogP contribution in [0.2, 0.25) is 0 Å². The molecule has 1 saturated heterocycles. The molecule has 7 heteroatoms. The number of likely N-dealkylation sites (tertiary alicyclic amines) is 1. The van der Waals surface area contributed by atoms with Crippen LogP contribution in [0.25, 0.3) is 5.69 Å². The van der Waals surface area contributed by atoms with Crippen LogP contribution in [0.5, 0.6) is 0 Å². The number of benzene rings is 1. The Balaban J connectivity index is 1.68. The molecule has 144 valence electrons. The molecular weight excluding hydrogens is 342 g/mol. The fraction of sp³-hybridized carbons (Fsp3) is 0.550. The minimum absolute atomic E-state index is 0.0939. The third-order valence-corrected chi connectivity index (χ3v) is 5.63. The van der Waals surface area contributed by atoms with Crippen molar-refractivity contribution < 1.29 is 4.92 Å². The van der Waals surface area contributed by atoms with Crippen LogP contribution in [0.4, 0.5) is 11.5 Å². The van der Waals surface area contributed by atoms with Gasteiger partial charge in [0, 0.05) is 31.1 Å². The second-order valence-corrected chi connectivity index (χ2v) is 7.47. The molecular formula is C20H27N5O2. The third kappa shape index (κ3) is 3.83. The zero-order chi connectivity index (χ0) is 18.6. The van der Waals surface area contributed by atoms with Crippen LogP contribution < -0.4 is 5.32 Å². The number of anilines is 1. The normalized spacial score (nSPS) is 17.8. The van der Waals surface area contributed by atoms with Crippen molar-refractivity contribution in [3.8, 4) is 5.69 Å². The third-order valence-electron chi connectivity index (χ3n) is 5.63. The van der Waals surface area contributed by atoms with E-state index >= 15 is 0 Å². The van der Waals surface area contributed by atoms with Gasteiger partial charge in [-0.25, -0.2) is 4.68 Å². The summed E-state index contributed by atoms with van der Waals surface area (Å²) in [4.78, 5) is 13.7. The molecule has 0 bridgehead atoms. The van der Waals surface area contributed by atoms with Gasteiger partial charge < -0.3 is 10.2 Å².